The largest absolute Gasteiger partial charge is 0.497 e. The molecular weight excluding hydrogens is 188 g/mol. The van der Waals surface area contributed by atoms with Gasteiger partial charge in [-0.05, 0) is 36.7 Å². The minimum atomic E-state index is 0.537. The van der Waals surface area contributed by atoms with Crippen LogP contribution in [0.4, 0.5) is 0 Å². The van der Waals surface area contributed by atoms with Gasteiger partial charge in [-0.15, -0.1) is 0 Å². The summed E-state index contributed by atoms with van der Waals surface area (Å²) in [6, 6.07) is 6.86. The van der Waals surface area contributed by atoms with Crippen molar-refractivity contribution in [1.82, 2.24) is 10.6 Å². The summed E-state index contributed by atoms with van der Waals surface area (Å²) in [5, 5.41) is 6.71. The second-order valence-electron chi connectivity index (χ2n) is 3.97. The number of hydrogen-bond acceptors (Lipinski definition) is 3. The summed E-state index contributed by atoms with van der Waals surface area (Å²) in [4.78, 5) is 0. The van der Waals surface area contributed by atoms with E-state index < -0.39 is 0 Å². The normalized spacial score (nSPS) is 19.7. The van der Waals surface area contributed by atoms with E-state index in [-0.39, 0.29) is 0 Å². The van der Waals surface area contributed by atoms with Crippen LogP contribution in [0.3, 0.4) is 0 Å². The van der Waals surface area contributed by atoms with Gasteiger partial charge in [0.15, 0.2) is 0 Å². The van der Waals surface area contributed by atoms with Gasteiger partial charge in [0, 0.05) is 19.1 Å². The fourth-order valence-corrected chi connectivity index (χ4v) is 2.07. The lowest BCUT2D eigenvalue weighted by Crippen LogP contribution is -2.42. The molecule has 1 atom stereocenters. The molecule has 1 heterocycles. The lowest BCUT2D eigenvalue weighted by atomic mass is 9.95. The zero-order chi connectivity index (χ0) is 10.7. The maximum Gasteiger partial charge on any atom is 0.119 e. The van der Waals surface area contributed by atoms with Crippen molar-refractivity contribution in [3.63, 3.8) is 0 Å². The zero-order valence-corrected chi connectivity index (χ0v) is 9.34. The van der Waals surface area contributed by atoms with Gasteiger partial charge in [0.25, 0.3) is 0 Å². The van der Waals surface area contributed by atoms with Crippen LogP contribution >= 0.6 is 0 Å². The number of ether oxygens (including phenoxy) is 1. The summed E-state index contributed by atoms with van der Waals surface area (Å²) in [6.45, 7) is 1.97. The number of fused-ring (bicyclic) bond motifs is 1. The molecule has 0 aromatic heterocycles. The van der Waals surface area contributed by atoms with Crippen molar-refractivity contribution < 1.29 is 4.74 Å². The molecule has 2 N–H and O–H groups in total. The first-order valence-electron chi connectivity index (χ1n) is 5.37. The molecule has 1 aromatic carbocycles. The Morgan fingerprint density at radius 2 is 2.33 bits per heavy atom. The summed E-state index contributed by atoms with van der Waals surface area (Å²) in [5.41, 5.74) is 2.80. The Morgan fingerprint density at radius 3 is 3.07 bits per heavy atom. The standard InChI is InChI=1S/C12H18N2O/c1-13-8-11-5-10-6-12(15-2)4-3-9(10)7-14-11/h3-4,6,11,13-14H,5,7-8H2,1-2H3. The Morgan fingerprint density at radius 1 is 1.47 bits per heavy atom. The van der Waals surface area contributed by atoms with Crippen LogP contribution in [0.15, 0.2) is 18.2 Å². The fourth-order valence-electron chi connectivity index (χ4n) is 2.07. The van der Waals surface area contributed by atoms with Crippen LogP contribution in [-0.4, -0.2) is 26.7 Å². The van der Waals surface area contributed by atoms with Gasteiger partial charge in [-0.2, -0.15) is 0 Å². The first-order chi connectivity index (χ1) is 7.33. The monoisotopic (exact) mass is 206 g/mol. The van der Waals surface area contributed by atoms with E-state index in [0.717, 1.165) is 25.3 Å². The number of likely N-dealkylation sites (N-methyl/N-ethyl adjacent to an activating group) is 1. The highest BCUT2D eigenvalue weighted by atomic mass is 16.5. The second kappa shape index (κ2) is 4.64. The molecule has 1 aliphatic heterocycles. The average Bonchev–Trinajstić information content (AvgIpc) is 2.28. The minimum Gasteiger partial charge on any atom is -0.497 e. The number of nitrogens with one attached hydrogen (secondary N) is 2. The van der Waals surface area contributed by atoms with E-state index in [2.05, 4.69) is 22.8 Å². The molecule has 0 aliphatic carbocycles. The van der Waals surface area contributed by atoms with E-state index in [4.69, 9.17) is 4.74 Å². The van der Waals surface area contributed by atoms with Gasteiger partial charge in [0.1, 0.15) is 5.75 Å². The molecule has 1 aliphatic rings. The van der Waals surface area contributed by atoms with Gasteiger partial charge >= 0.3 is 0 Å². The van der Waals surface area contributed by atoms with Gasteiger partial charge in [0.05, 0.1) is 7.11 Å². The van der Waals surface area contributed by atoms with Crippen molar-refractivity contribution in [2.45, 2.75) is 19.0 Å². The predicted octanol–water partition coefficient (Wildman–Crippen LogP) is 0.929. The topological polar surface area (TPSA) is 33.3 Å². The van der Waals surface area contributed by atoms with Crippen molar-refractivity contribution in [2.75, 3.05) is 20.7 Å². The quantitative estimate of drug-likeness (QED) is 0.772. The molecule has 0 saturated heterocycles. The van der Waals surface area contributed by atoms with E-state index in [1.165, 1.54) is 11.1 Å². The number of benzene rings is 1. The first-order valence-corrected chi connectivity index (χ1v) is 5.37. The smallest absolute Gasteiger partial charge is 0.119 e. The van der Waals surface area contributed by atoms with Gasteiger partial charge in [-0.1, -0.05) is 6.07 Å². The van der Waals surface area contributed by atoms with Gasteiger partial charge in [-0.25, -0.2) is 0 Å². The van der Waals surface area contributed by atoms with Crippen molar-refractivity contribution in [1.29, 1.82) is 0 Å². The number of methoxy groups -OCH3 is 1. The maximum absolute atomic E-state index is 5.24. The molecule has 3 nitrogen and oxygen atoms in total. The van der Waals surface area contributed by atoms with Crippen molar-refractivity contribution in [2.24, 2.45) is 0 Å². The molecule has 0 saturated carbocycles. The van der Waals surface area contributed by atoms with Crippen LogP contribution in [0, 0.1) is 0 Å². The van der Waals surface area contributed by atoms with Crippen molar-refractivity contribution in [3.05, 3.63) is 29.3 Å². The Hall–Kier alpha value is -1.06. The lowest BCUT2D eigenvalue weighted by molar-refractivity contribution is 0.411. The molecule has 1 unspecified atom stereocenters. The third kappa shape index (κ3) is 2.30. The van der Waals surface area contributed by atoms with E-state index in [9.17, 15) is 0 Å². The van der Waals surface area contributed by atoms with E-state index in [0.29, 0.717) is 6.04 Å². The van der Waals surface area contributed by atoms with Crippen LogP contribution < -0.4 is 15.4 Å². The van der Waals surface area contributed by atoms with Gasteiger partial charge in [0.2, 0.25) is 0 Å². The second-order valence-corrected chi connectivity index (χ2v) is 3.97. The summed E-state index contributed by atoms with van der Waals surface area (Å²) in [7, 11) is 3.71. The van der Waals surface area contributed by atoms with Crippen LogP contribution in [0.2, 0.25) is 0 Å². The van der Waals surface area contributed by atoms with Crippen LogP contribution in [-0.2, 0) is 13.0 Å². The van der Waals surface area contributed by atoms with Crippen LogP contribution in [0.25, 0.3) is 0 Å². The lowest BCUT2D eigenvalue weighted by Gasteiger charge is -2.26. The minimum absolute atomic E-state index is 0.537. The number of rotatable bonds is 3. The van der Waals surface area contributed by atoms with Gasteiger partial charge < -0.3 is 15.4 Å². The average molecular weight is 206 g/mol. The van der Waals surface area contributed by atoms with Gasteiger partial charge in [-0.3, -0.25) is 0 Å². The van der Waals surface area contributed by atoms with E-state index in [1.807, 2.05) is 13.1 Å². The van der Waals surface area contributed by atoms with Crippen molar-refractivity contribution >= 4 is 0 Å². The number of hydrogen-bond donors (Lipinski definition) is 2. The fraction of sp³-hybridized carbons (Fsp3) is 0.500. The maximum atomic E-state index is 5.24. The first kappa shape index (κ1) is 10.5. The Kier molecular flexibility index (Phi) is 3.23. The van der Waals surface area contributed by atoms with Crippen LogP contribution in [0.1, 0.15) is 11.1 Å². The summed E-state index contributed by atoms with van der Waals surface area (Å²) in [6.07, 6.45) is 1.08. The molecule has 0 spiro atoms. The highest BCUT2D eigenvalue weighted by Crippen LogP contribution is 2.22. The Labute approximate surface area is 90.8 Å². The van der Waals surface area contributed by atoms with E-state index in [1.54, 1.807) is 7.11 Å². The predicted molar refractivity (Wildman–Crippen MR) is 61.3 cm³/mol. The molecular formula is C12H18N2O. The molecule has 0 radical (unpaired) electrons. The molecule has 15 heavy (non-hydrogen) atoms. The SMILES string of the molecule is CNCC1Cc2cc(OC)ccc2CN1. The highest BCUT2D eigenvalue weighted by Gasteiger charge is 2.17. The molecule has 3 heteroatoms. The third-order valence-electron chi connectivity index (χ3n) is 2.91. The molecule has 1 aromatic rings. The van der Waals surface area contributed by atoms with Crippen LogP contribution in [0.5, 0.6) is 5.75 Å². The molecule has 2 rings (SSSR count). The summed E-state index contributed by atoms with van der Waals surface area (Å²) >= 11 is 0. The molecule has 0 bridgehead atoms. The molecule has 82 valence electrons. The zero-order valence-electron chi connectivity index (χ0n) is 9.34. The Bertz CT molecular complexity index is 338. The summed E-state index contributed by atoms with van der Waals surface area (Å²) < 4.78 is 5.24. The molecule has 0 fully saturated rings. The summed E-state index contributed by atoms with van der Waals surface area (Å²) in [5.74, 6) is 0.957. The van der Waals surface area contributed by atoms with Crippen molar-refractivity contribution in [3.8, 4) is 5.75 Å². The highest BCUT2D eigenvalue weighted by molar-refractivity contribution is 5.37. The molecule has 0 amide bonds. The van der Waals surface area contributed by atoms with E-state index >= 15 is 0 Å². The Balaban J connectivity index is 2.16. The third-order valence-corrected chi connectivity index (χ3v) is 2.91.